The predicted molar refractivity (Wildman–Crippen MR) is 56.2 cm³/mol. The first-order chi connectivity index (χ1) is 5.90. The molecule has 0 amide bonds. The second kappa shape index (κ2) is 4.30. The molecule has 70 valence electrons. The Labute approximate surface area is 83.3 Å². The third-order valence-electron chi connectivity index (χ3n) is 1.83. The van der Waals surface area contributed by atoms with Crippen molar-refractivity contribution in [3.05, 3.63) is 36.1 Å². The quantitative estimate of drug-likeness (QED) is 0.801. The van der Waals surface area contributed by atoms with E-state index < -0.39 is 0 Å². The maximum atomic E-state index is 5.55. The summed E-state index contributed by atoms with van der Waals surface area (Å²) in [5.41, 5.74) is 0.961. The number of fused-ring (bicyclic) bond motifs is 1. The highest BCUT2D eigenvalue weighted by molar-refractivity contribution is 5.85. The zero-order valence-electron chi connectivity index (χ0n) is 7.41. The molecule has 0 radical (unpaired) electrons. The number of para-hydroxylation sites is 1. The zero-order chi connectivity index (χ0) is 8.39. The molecule has 0 aliphatic carbocycles. The van der Waals surface area contributed by atoms with Crippen molar-refractivity contribution in [2.75, 3.05) is 7.05 Å². The Kier molecular flexibility index (Phi) is 3.34. The highest BCUT2D eigenvalue weighted by atomic mass is 35.5. The fourth-order valence-electron chi connectivity index (χ4n) is 1.30. The second-order valence-corrected chi connectivity index (χ2v) is 2.78. The van der Waals surface area contributed by atoms with Crippen LogP contribution in [-0.4, -0.2) is 7.05 Å². The Morgan fingerprint density at radius 1 is 1.31 bits per heavy atom. The molecule has 2 nitrogen and oxygen atoms in total. The van der Waals surface area contributed by atoms with Crippen LogP contribution in [0, 0.1) is 0 Å². The van der Waals surface area contributed by atoms with Crippen LogP contribution in [0.3, 0.4) is 0 Å². The minimum Gasteiger partial charge on any atom is -0.460 e. The predicted octanol–water partition coefficient (Wildman–Crippen LogP) is 2.57. The molecule has 0 saturated heterocycles. The molecule has 0 atom stereocenters. The molecule has 1 N–H and O–H groups in total. The van der Waals surface area contributed by atoms with Gasteiger partial charge in [0.05, 0.1) is 6.54 Å². The summed E-state index contributed by atoms with van der Waals surface area (Å²) in [6.45, 7) is 0.786. The van der Waals surface area contributed by atoms with E-state index in [9.17, 15) is 0 Å². The maximum Gasteiger partial charge on any atom is 0.134 e. The van der Waals surface area contributed by atoms with E-state index in [1.54, 1.807) is 0 Å². The number of rotatable bonds is 2. The van der Waals surface area contributed by atoms with Crippen molar-refractivity contribution >= 4 is 23.4 Å². The van der Waals surface area contributed by atoms with E-state index in [1.165, 1.54) is 5.39 Å². The van der Waals surface area contributed by atoms with Gasteiger partial charge >= 0.3 is 0 Å². The molecule has 0 fully saturated rings. The SMILES string of the molecule is CNCc1cc2ccccc2o1.Cl. The van der Waals surface area contributed by atoms with Crippen molar-refractivity contribution < 1.29 is 4.42 Å². The van der Waals surface area contributed by atoms with Gasteiger partial charge < -0.3 is 9.73 Å². The number of halogens is 1. The first-order valence-corrected chi connectivity index (χ1v) is 4.02. The summed E-state index contributed by atoms with van der Waals surface area (Å²) in [5, 5.41) is 4.22. The van der Waals surface area contributed by atoms with Crippen LogP contribution in [0.25, 0.3) is 11.0 Å². The fraction of sp³-hybridized carbons (Fsp3) is 0.200. The molecule has 1 aromatic heterocycles. The second-order valence-electron chi connectivity index (χ2n) is 2.78. The third-order valence-corrected chi connectivity index (χ3v) is 1.83. The van der Waals surface area contributed by atoms with E-state index in [0.29, 0.717) is 0 Å². The van der Waals surface area contributed by atoms with Crippen LogP contribution in [0.5, 0.6) is 0 Å². The Morgan fingerprint density at radius 3 is 2.77 bits per heavy atom. The molecule has 13 heavy (non-hydrogen) atoms. The molecular weight excluding hydrogens is 186 g/mol. The van der Waals surface area contributed by atoms with E-state index >= 15 is 0 Å². The van der Waals surface area contributed by atoms with E-state index in [2.05, 4.69) is 17.4 Å². The fourth-order valence-corrected chi connectivity index (χ4v) is 1.30. The molecule has 0 spiro atoms. The monoisotopic (exact) mass is 197 g/mol. The van der Waals surface area contributed by atoms with Gasteiger partial charge in [0.2, 0.25) is 0 Å². The molecule has 1 heterocycles. The molecule has 0 aliphatic heterocycles. The molecule has 2 aromatic rings. The number of hydrogen-bond acceptors (Lipinski definition) is 2. The van der Waals surface area contributed by atoms with Gasteiger partial charge in [0, 0.05) is 5.39 Å². The minimum atomic E-state index is 0. The summed E-state index contributed by atoms with van der Waals surface area (Å²) < 4.78 is 5.55. The van der Waals surface area contributed by atoms with Gasteiger partial charge in [0.25, 0.3) is 0 Å². The van der Waals surface area contributed by atoms with Crippen LogP contribution >= 0.6 is 12.4 Å². The topological polar surface area (TPSA) is 25.2 Å². The van der Waals surface area contributed by atoms with Gasteiger partial charge in [-0.3, -0.25) is 0 Å². The van der Waals surface area contributed by atoms with Crippen LogP contribution in [-0.2, 0) is 6.54 Å². The lowest BCUT2D eigenvalue weighted by Gasteiger charge is -1.90. The normalized spacial score (nSPS) is 9.92. The Morgan fingerprint density at radius 2 is 2.08 bits per heavy atom. The number of benzene rings is 1. The van der Waals surface area contributed by atoms with Gasteiger partial charge in [-0.25, -0.2) is 0 Å². The van der Waals surface area contributed by atoms with E-state index in [0.717, 1.165) is 17.9 Å². The average molecular weight is 198 g/mol. The Bertz CT molecular complexity index is 350. The summed E-state index contributed by atoms with van der Waals surface area (Å²) >= 11 is 0. The molecule has 1 aromatic carbocycles. The van der Waals surface area contributed by atoms with Crippen LogP contribution in [0.4, 0.5) is 0 Å². The standard InChI is InChI=1S/C10H11NO.ClH/c1-11-7-9-6-8-4-2-3-5-10(8)12-9;/h2-6,11H,7H2,1H3;1H. The van der Waals surface area contributed by atoms with Crippen molar-refractivity contribution in [2.45, 2.75) is 6.54 Å². The first-order valence-electron chi connectivity index (χ1n) is 4.02. The van der Waals surface area contributed by atoms with Crippen molar-refractivity contribution in [1.29, 1.82) is 0 Å². The summed E-state index contributed by atoms with van der Waals surface area (Å²) in [5.74, 6) is 0.985. The van der Waals surface area contributed by atoms with Gasteiger partial charge in [-0.1, -0.05) is 18.2 Å². The van der Waals surface area contributed by atoms with Crippen molar-refractivity contribution in [3.63, 3.8) is 0 Å². The van der Waals surface area contributed by atoms with E-state index in [-0.39, 0.29) is 12.4 Å². The first kappa shape index (κ1) is 10.1. The lowest BCUT2D eigenvalue weighted by molar-refractivity contribution is 0.531. The molecule has 2 rings (SSSR count). The summed E-state index contributed by atoms with van der Waals surface area (Å²) in [7, 11) is 1.91. The zero-order valence-corrected chi connectivity index (χ0v) is 8.23. The molecule has 0 aliphatic rings. The van der Waals surface area contributed by atoms with Gasteiger partial charge in [-0.05, 0) is 19.2 Å². The summed E-state index contributed by atoms with van der Waals surface area (Å²) in [4.78, 5) is 0. The van der Waals surface area contributed by atoms with Gasteiger partial charge in [0.1, 0.15) is 11.3 Å². The highest BCUT2D eigenvalue weighted by Crippen LogP contribution is 2.18. The molecule has 0 bridgehead atoms. The van der Waals surface area contributed by atoms with Crippen LogP contribution < -0.4 is 5.32 Å². The number of nitrogens with one attached hydrogen (secondary N) is 1. The maximum absolute atomic E-state index is 5.55. The minimum absolute atomic E-state index is 0. The lowest BCUT2D eigenvalue weighted by Crippen LogP contribution is -2.03. The smallest absolute Gasteiger partial charge is 0.134 e. The van der Waals surface area contributed by atoms with Crippen LogP contribution in [0.1, 0.15) is 5.76 Å². The number of furan rings is 1. The van der Waals surface area contributed by atoms with Crippen LogP contribution in [0.15, 0.2) is 34.7 Å². The number of hydrogen-bond donors (Lipinski definition) is 1. The Hall–Kier alpha value is -0.990. The Balaban J connectivity index is 0.000000845. The molecular formula is C10H12ClNO. The average Bonchev–Trinajstić information content (AvgIpc) is 2.47. The molecule has 0 unspecified atom stereocenters. The molecule has 0 saturated carbocycles. The van der Waals surface area contributed by atoms with Gasteiger partial charge in [-0.15, -0.1) is 12.4 Å². The third kappa shape index (κ3) is 2.02. The van der Waals surface area contributed by atoms with E-state index in [1.807, 2.05) is 25.2 Å². The van der Waals surface area contributed by atoms with Crippen molar-refractivity contribution in [2.24, 2.45) is 0 Å². The highest BCUT2D eigenvalue weighted by Gasteiger charge is 1.99. The van der Waals surface area contributed by atoms with Gasteiger partial charge in [0.15, 0.2) is 0 Å². The van der Waals surface area contributed by atoms with Gasteiger partial charge in [-0.2, -0.15) is 0 Å². The van der Waals surface area contributed by atoms with Crippen molar-refractivity contribution in [3.8, 4) is 0 Å². The van der Waals surface area contributed by atoms with E-state index in [4.69, 9.17) is 4.42 Å². The summed E-state index contributed by atoms with van der Waals surface area (Å²) in [6.07, 6.45) is 0. The summed E-state index contributed by atoms with van der Waals surface area (Å²) in [6, 6.07) is 10.1. The molecule has 3 heteroatoms. The van der Waals surface area contributed by atoms with Crippen LogP contribution in [0.2, 0.25) is 0 Å². The lowest BCUT2D eigenvalue weighted by atomic mass is 10.2. The van der Waals surface area contributed by atoms with Crippen molar-refractivity contribution in [1.82, 2.24) is 5.32 Å². The largest absolute Gasteiger partial charge is 0.460 e.